The van der Waals surface area contributed by atoms with Gasteiger partial charge < -0.3 is 15.7 Å². The fourth-order valence-electron chi connectivity index (χ4n) is 4.10. The van der Waals surface area contributed by atoms with Crippen molar-refractivity contribution in [3.05, 3.63) is 83.9 Å². The van der Waals surface area contributed by atoms with Gasteiger partial charge in [0.2, 0.25) is 17.4 Å². The lowest BCUT2D eigenvalue weighted by Gasteiger charge is -2.29. The van der Waals surface area contributed by atoms with Crippen molar-refractivity contribution in [2.75, 3.05) is 11.9 Å². The van der Waals surface area contributed by atoms with E-state index in [-0.39, 0.29) is 4.90 Å². The van der Waals surface area contributed by atoms with Crippen molar-refractivity contribution in [3.63, 3.8) is 0 Å². The highest BCUT2D eigenvalue weighted by atomic mass is 32.2. The number of carbonyl (C=O) groups is 1. The van der Waals surface area contributed by atoms with Gasteiger partial charge in [0.15, 0.2) is 0 Å². The highest BCUT2D eigenvalue weighted by molar-refractivity contribution is 7.90. The van der Waals surface area contributed by atoms with Crippen molar-refractivity contribution in [1.82, 2.24) is 4.72 Å². The van der Waals surface area contributed by atoms with Crippen LogP contribution in [0.25, 0.3) is 11.1 Å². The zero-order valence-electron chi connectivity index (χ0n) is 20.3. The van der Waals surface area contributed by atoms with E-state index < -0.39 is 47.1 Å². The zero-order valence-corrected chi connectivity index (χ0v) is 22.0. The summed E-state index contributed by atoms with van der Waals surface area (Å²) in [5.74, 6) is -4.60. The first kappa shape index (κ1) is 27.6. The van der Waals surface area contributed by atoms with Crippen LogP contribution < -0.4 is 10.5 Å². The van der Waals surface area contributed by atoms with Gasteiger partial charge in [0, 0.05) is 11.8 Å². The monoisotopic (exact) mass is 530 g/mol. The number of nitrogen functional groups attached to an aromatic ring is 1. The molecule has 0 aromatic heterocycles. The molecule has 8 nitrogen and oxygen atoms in total. The van der Waals surface area contributed by atoms with Gasteiger partial charge in [-0.1, -0.05) is 68.4 Å². The number of nitrogens with one attached hydrogen (secondary N) is 1. The molecule has 0 radical (unpaired) electrons. The predicted molar refractivity (Wildman–Crippen MR) is 141 cm³/mol. The first-order valence-electron chi connectivity index (χ1n) is 11.4. The Morgan fingerprint density at radius 2 is 1.56 bits per heavy atom. The standard InChI is InChI=1S/C26H31N2O6PS/c1-17(2)25(35(31,32)16-23(26(29)30)22-10-7-11-24(27)18(22)3)28-36(33,34)21-14-12-20(13-15-21)19-8-5-4-6-9-19/h4-15,17,23,25,28H,16,27H2,1-3H3,(H,29,30)(H,31,32). The smallest absolute Gasteiger partial charge is 0.311 e. The second-order valence-electron chi connectivity index (χ2n) is 9.09. The van der Waals surface area contributed by atoms with Gasteiger partial charge in [-0.25, -0.2) is 8.42 Å². The Hall–Kier alpha value is -2.97. The zero-order chi connectivity index (χ0) is 26.7. The minimum absolute atomic E-state index is 0.0608. The van der Waals surface area contributed by atoms with E-state index in [2.05, 4.69) is 4.72 Å². The Morgan fingerprint density at radius 1 is 0.972 bits per heavy atom. The summed E-state index contributed by atoms with van der Waals surface area (Å²) in [6.07, 6.45) is -0.648. The molecule has 0 heterocycles. The molecule has 3 aromatic rings. The van der Waals surface area contributed by atoms with Crippen LogP contribution in [0.2, 0.25) is 0 Å². The summed E-state index contributed by atoms with van der Waals surface area (Å²) < 4.78 is 42.2. The highest BCUT2D eigenvalue weighted by Gasteiger charge is 2.41. The first-order chi connectivity index (χ1) is 16.8. The van der Waals surface area contributed by atoms with Gasteiger partial charge in [0.1, 0.15) is 5.78 Å². The van der Waals surface area contributed by atoms with Crippen LogP contribution in [0, 0.1) is 12.8 Å². The van der Waals surface area contributed by atoms with Crippen LogP contribution >= 0.6 is 7.37 Å². The number of aliphatic carboxylic acids is 1. The van der Waals surface area contributed by atoms with Crippen molar-refractivity contribution >= 4 is 29.0 Å². The lowest BCUT2D eigenvalue weighted by atomic mass is 9.95. The predicted octanol–water partition coefficient (Wildman–Crippen LogP) is 4.64. The second kappa shape index (κ2) is 11.0. The van der Waals surface area contributed by atoms with E-state index in [4.69, 9.17) is 5.73 Å². The molecule has 0 bridgehead atoms. The lowest BCUT2D eigenvalue weighted by molar-refractivity contribution is -0.138. The summed E-state index contributed by atoms with van der Waals surface area (Å²) in [7, 11) is -8.53. The van der Waals surface area contributed by atoms with Crippen LogP contribution in [0.3, 0.4) is 0 Å². The van der Waals surface area contributed by atoms with Gasteiger partial charge in [-0.3, -0.25) is 9.36 Å². The molecule has 10 heteroatoms. The average molecular weight is 531 g/mol. The van der Waals surface area contributed by atoms with Crippen LogP contribution in [0.1, 0.15) is 30.9 Å². The quantitative estimate of drug-likeness (QED) is 0.220. The minimum atomic E-state index is -4.36. The van der Waals surface area contributed by atoms with Crippen molar-refractivity contribution in [1.29, 1.82) is 0 Å². The average Bonchev–Trinajstić information content (AvgIpc) is 2.83. The SMILES string of the molecule is Cc1c(N)cccc1C(CP(=O)(O)C(NS(=O)(=O)c1ccc(-c2ccccc2)cc1)C(C)C)C(=O)O. The van der Waals surface area contributed by atoms with Crippen LogP contribution in [-0.2, 0) is 19.4 Å². The summed E-state index contributed by atoms with van der Waals surface area (Å²) in [6, 6.07) is 20.4. The number of carboxylic acids is 1. The Balaban J connectivity index is 1.89. The van der Waals surface area contributed by atoms with Gasteiger partial charge in [-0.05, 0) is 53.3 Å². The maximum Gasteiger partial charge on any atom is 0.311 e. The Morgan fingerprint density at radius 3 is 2.11 bits per heavy atom. The molecule has 3 atom stereocenters. The first-order valence-corrected chi connectivity index (χ1v) is 14.8. The van der Waals surface area contributed by atoms with E-state index >= 15 is 0 Å². The number of hydrogen-bond acceptors (Lipinski definition) is 5. The fourth-order valence-corrected chi connectivity index (χ4v) is 8.43. The molecular weight excluding hydrogens is 499 g/mol. The third kappa shape index (κ3) is 6.23. The summed E-state index contributed by atoms with van der Waals surface area (Å²) in [6.45, 7) is 4.86. The molecule has 0 saturated heterocycles. The molecule has 0 saturated carbocycles. The normalized spacial score (nSPS) is 15.2. The molecule has 3 aromatic carbocycles. The lowest BCUT2D eigenvalue weighted by Crippen LogP contribution is -2.39. The van der Waals surface area contributed by atoms with Crippen molar-refractivity contribution in [3.8, 4) is 11.1 Å². The summed E-state index contributed by atoms with van der Waals surface area (Å²) in [5, 5.41) is 9.84. The van der Waals surface area contributed by atoms with E-state index in [0.29, 0.717) is 16.8 Å². The summed E-state index contributed by atoms with van der Waals surface area (Å²) in [4.78, 5) is 23.0. The van der Waals surface area contributed by atoms with E-state index in [0.717, 1.165) is 11.1 Å². The molecule has 0 spiro atoms. The third-order valence-corrected chi connectivity index (χ3v) is 10.3. The Bertz CT molecular complexity index is 1380. The number of rotatable bonds is 10. The molecule has 0 fully saturated rings. The molecule has 0 aliphatic carbocycles. The molecule has 0 amide bonds. The molecule has 5 N–H and O–H groups in total. The summed E-state index contributed by atoms with van der Waals surface area (Å²) >= 11 is 0. The number of benzene rings is 3. The van der Waals surface area contributed by atoms with E-state index in [1.54, 1.807) is 51.1 Å². The van der Waals surface area contributed by atoms with Crippen molar-refractivity contribution < 1.29 is 27.8 Å². The van der Waals surface area contributed by atoms with E-state index in [1.807, 2.05) is 30.3 Å². The molecule has 36 heavy (non-hydrogen) atoms. The molecular formula is C26H31N2O6PS. The second-order valence-corrected chi connectivity index (χ2v) is 13.2. The van der Waals surface area contributed by atoms with Gasteiger partial charge in [-0.2, -0.15) is 4.72 Å². The van der Waals surface area contributed by atoms with Crippen LogP contribution in [-0.4, -0.2) is 36.3 Å². The van der Waals surface area contributed by atoms with Crippen LogP contribution in [0.15, 0.2) is 77.7 Å². The van der Waals surface area contributed by atoms with Crippen LogP contribution in [0.5, 0.6) is 0 Å². The fraction of sp³-hybridized carbons (Fsp3) is 0.269. The number of carboxylic acid groups (broad SMARTS) is 1. The molecule has 3 unspecified atom stereocenters. The maximum absolute atomic E-state index is 13.5. The molecule has 0 aliphatic heterocycles. The number of hydrogen-bond donors (Lipinski definition) is 4. The van der Waals surface area contributed by atoms with Gasteiger partial charge in [0.05, 0.1) is 10.8 Å². The van der Waals surface area contributed by atoms with E-state index in [1.165, 1.54) is 12.1 Å². The topological polar surface area (TPSA) is 147 Å². The molecule has 3 rings (SSSR count). The number of anilines is 1. The van der Waals surface area contributed by atoms with Crippen molar-refractivity contribution in [2.45, 2.75) is 37.4 Å². The molecule has 192 valence electrons. The maximum atomic E-state index is 13.5. The van der Waals surface area contributed by atoms with Crippen molar-refractivity contribution in [2.24, 2.45) is 5.92 Å². The van der Waals surface area contributed by atoms with E-state index in [9.17, 15) is 27.8 Å². The van der Waals surface area contributed by atoms with Gasteiger partial charge in [-0.15, -0.1) is 0 Å². The Kier molecular flexibility index (Phi) is 8.41. The van der Waals surface area contributed by atoms with Gasteiger partial charge in [0.25, 0.3) is 0 Å². The van der Waals surface area contributed by atoms with Crippen LogP contribution in [0.4, 0.5) is 5.69 Å². The van der Waals surface area contributed by atoms with Gasteiger partial charge >= 0.3 is 5.97 Å². The Labute approximate surface area is 211 Å². The molecule has 0 aliphatic rings. The largest absolute Gasteiger partial charge is 0.481 e. The number of nitrogens with two attached hydrogens (primary N) is 1. The minimum Gasteiger partial charge on any atom is -0.481 e. The summed E-state index contributed by atoms with van der Waals surface area (Å²) in [5.41, 5.74) is 8.85. The highest BCUT2D eigenvalue weighted by Crippen LogP contribution is 2.52. The number of sulfonamides is 1. The third-order valence-electron chi connectivity index (χ3n) is 6.15.